The maximum Gasteiger partial charge on any atom is 0.253 e. The van der Waals surface area contributed by atoms with Crippen molar-refractivity contribution in [2.75, 3.05) is 5.33 Å². The highest BCUT2D eigenvalue weighted by molar-refractivity contribution is 9.09. The molecule has 0 aromatic carbocycles. The standard InChI is InChI=1S/C12H15BrN2O/c1-8-3-4-10(9(2)14-8)11(16)15-12(7-13)5-6-12/h3-4H,5-7H2,1-2H3,(H,15,16). The number of carbonyl (C=O) groups is 1. The van der Waals surface area contributed by atoms with Crippen LogP contribution >= 0.6 is 15.9 Å². The van der Waals surface area contributed by atoms with Gasteiger partial charge in [-0.1, -0.05) is 15.9 Å². The van der Waals surface area contributed by atoms with Gasteiger partial charge < -0.3 is 5.32 Å². The van der Waals surface area contributed by atoms with Gasteiger partial charge >= 0.3 is 0 Å². The number of halogens is 1. The molecule has 86 valence electrons. The minimum Gasteiger partial charge on any atom is -0.346 e. The van der Waals surface area contributed by atoms with Crippen molar-refractivity contribution in [2.45, 2.75) is 32.2 Å². The zero-order chi connectivity index (χ0) is 11.8. The van der Waals surface area contributed by atoms with Crippen LogP contribution in [0, 0.1) is 13.8 Å². The van der Waals surface area contributed by atoms with Crippen LogP contribution in [-0.4, -0.2) is 21.8 Å². The molecule has 1 saturated carbocycles. The summed E-state index contributed by atoms with van der Waals surface area (Å²) in [4.78, 5) is 16.3. The third kappa shape index (κ3) is 2.26. The maximum atomic E-state index is 12.0. The molecule has 1 heterocycles. The molecule has 1 fully saturated rings. The third-order valence-corrected chi connectivity index (χ3v) is 4.03. The summed E-state index contributed by atoms with van der Waals surface area (Å²) in [7, 11) is 0. The molecule has 1 aliphatic rings. The van der Waals surface area contributed by atoms with Crippen molar-refractivity contribution in [1.29, 1.82) is 0 Å². The minimum absolute atomic E-state index is 0.00555. The van der Waals surface area contributed by atoms with E-state index in [1.165, 1.54) is 0 Å². The van der Waals surface area contributed by atoms with E-state index in [4.69, 9.17) is 0 Å². The molecular formula is C12H15BrN2O. The highest BCUT2D eigenvalue weighted by Crippen LogP contribution is 2.37. The van der Waals surface area contributed by atoms with Crippen LogP contribution in [0.25, 0.3) is 0 Å². The van der Waals surface area contributed by atoms with E-state index < -0.39 is 0 Å². The highest BCUT2D eigenvalue weighted by atomic mass is 79.9. The zero-order valence-electron chi connectivity index (χ0n) is 9.51. The molecule has 0 unspecified atom stereocenters. The summed E-state index contributed by atoms with van der Waals surface area (Å²) in [6.07, 6.45) is 2.12. The van der Waals surface area contributed by atoms with E-state index in [0.29, 0.717) is 5.56 Å². The van der Waals surface area contributed by atoms with Gasteiger partial charge in [0.25, 0.3) is 5.91 Å². The Hall–Kier alpha value is -0.900. The Morgan fingerprint density at radius 3 is 2.69 bits per heavy atom. The van der Waals surface area contributed by atoms with Gasteiger partial charge in [-0.05, 0) is 38.8 Å². The Bertz CT molecular complexity index is 427. The quantitative estimate of drug-likeness (QED) is 0.865. The van der Waals surface area contributed by atoms with Crippen LogP contribution in [0.2, 0.25) is 0 Å². The van der Waals surface area contributed by atoms with Crippen molar-refractivity contribution in [3.63, 3.8) is 0 Å². The number of nitrogens with one attached hydrogen (secondary N) is 1. The van der Waals surface area contributed by atoms with E-state index in [-0.39, 0.29) is 11.4 Å². The second kappa shape index (κ2) is 4.17. The average molecular weight is 283 g/mol. The Morgan fingerprint density at radius 1 is 1.50 bits per heavy atom. The third-order valence-electron chi connectivity index (χ3n) is 2.96. The number of aryl methyl sites for hydroxylation is 2. The summed E-state index contributed by atoms with van der Waals surface area (Å²) >= 11 is 3.43. The van der Waals surface area contributed by atoms with Crippen LogP contribution in [0.4, 0.5) is 0 Å². The molecule has 2 rings (SSSR count). The van der Waals surface area contributed by atoms with Gasteiger partial charge in [0.1, 0.15) is 0 Å². The normalized spacial score (nSPS) is 16.9. The van der Waals surface area contributed by atoms with Crippen LogP contribution in [0.1, 0.15) is 34.6 Å². The molecule has 1 aromatic heterocycles. The van der Waals surface area contributed by atoms with E-state index in [2.05, 4.69) is 26.2 Å². The summed E-state index contributed by atoms with van der Waals surface area (Å²) in [5.41, 5.74) is 2.41. The van der Waals surface area contributed by atoms with Crippen LogP contribution < -0.4 is 5.32 Å². The van der Waals surface area contributed by atoms with Crippen molar-refractivity contribution in [3.8, 4) is 0 Å². The number of pyridine rings is 1. The van der Waals surface area contributed by atoms with Gasteiger partial charge in [0, 0.05) is 11.0 Å². The van der Waals surface area contributed by atoms with Crippen LogP contribution in [-0.2, 0) is 0 Å². The summed E-state index contributed by atoms with van der Waals surface area (Å²) in [6, 6.07) is 3.72. The predicted molar refractivity (Wildman–Crippen MR) is 66.9 cm³/mol. The van der Waals surface area contributed by atoms with Crippen LogP contribution in [0.3, 0.4) is 0 Å². The van der Waals surface area contributed by atoms with Gasteiger partial charge in [0.05, 0.1) is 16.8 Å². The van der Waals surface area contributed by atoms with E-state index in [9.17, 15) is 4.79 Å². The SMILES string of the molecule is Cc1ccc(C(=O)NC2(CBr)CC2)c(C)n1. The number of hydrogen-bond donors (Lipinski definition) is 1. The summed E-state index contributed by atoms with van der Waals surface area (Å²) < 4.78 is 0. The van der Waals surface area contributed by atoms with Gasteiger partial charge in [-0.2, -0.15) is 0 Å². The number of nitrogens with zero attached hydrogens (tertiary/aromatic N) is 1. The van der Waals surface area contributed by atoms with Crippen molar-refractivity contribution in [3.05, 3.63) is 29.1 Å². The molecule has 1 N–H and O–H groups in total. The zero-order valence-corrected chi connectivity index (χ0v) is 11.1. The first-order valence-electron chi connectivity index (χ1n) is 5.39. The van der Waals surface area contributed by atoms with E-state index in [1.807, 2.05) is 26.0 Å². The molecule has 0 spiro atoms. The molecule has 0 bridgehead atoms. The first kappa shape index (κ1) is 11.6. The van der Waals surface area contributed by atoms with Crippen LogP contribution in [0.15, 0.2) is 12.1 Å². The molecular weight excluding hydrogens is 268 g/mol. The molecule has 16 heavy (non-hydrogen) atoms. The van der Waals surface area contributed by atoms with E-state index >= 15 is 0 Å². The largest absolute Gasteiger partial charge is 0.346 e. The van der Waals surface area contributed by atoms with Crippen molar-refractivity contribution in [1.82, 2.24) is 10.3 Å². The number of alkyl halides is 1. The Morgan fingerprint density at radius 2 is 2.19 bits per heavy atom. The number of rotatable bonds is 3. The Labute approximate surface area is 104 Å². The summed E-state index contributed by atoms with van der Waals surface area (Å²) in [5.74, 6) is -0.0121. The lowest BCUT2D eigenvalue weighted by Crippen LogP contribution is -2.38. The molecule has 0 saturated heterocycles. The topological polar surface area (TPSA) is 42.0 Å². The fourth-order valence-electron chi connectivity index (χ4n) is 1.68. The summed E-state index contributed by atoms with van der Waals surface area (Å²) in [5, 5.41) is 3.89. The first-order chi connectivity index (χ1) is 7.56. The lowest BCUT2D eigenvalue weighted by atomic mass is 10.1. The van der Waals surface area contributed by atoms with Gasteiger partial charge in [0.2, 0.25) is 0 Å². The molecule has 0 aliphatic heterocycles. The van der Waals surface area contributed by atoms with Gasteiger partial charge in [-0.25, -0.2) is 0 Å². The molecule has 1 aromatic rings. The van der Waals surface area contributed by atoms with Gasteiger partial charge in [-0.3, -0.25) is 9.78 Å². The smallest absolute Gasteiger partial charge is 0.253 e. The van der Waals surface area contributed by atoms with Gasteiger partial charge in [0.15, 0.2) is 0 Å². The molecule has 0 radical (unpaired) electrons. The van der Waals surface area contributed by atoms with Crippen molar-refractivity contribution >= 4 is 21.8 Å². The molecule has 1 aliphatic carbocycles. The Kier molecular flexibility index (Phi) is 3.02. The molecule has 1 amide bonds. The number of carbonyl (C=O) groups excluding carboxylic acids is 1. The van der Waals surface area contributed by atoms with Gasteiger partial charge in [-0.15, -0.1) is 0 Å². The van der Waals surface area contributed by atoms with Crippen LogP contribution in [0.5, 0.6) is 0 Å². The maximum absolute atomic E-state index is 12.0. The van der Waals surface area contributed by atoms with E-state index in [1.54, 1.807) is 0 Å². The summed E-state index contributed by atoms with van der Waals surface area (Å²) in [6.45, 7) is 3.80. The van der Waals surface area contributed by atoms with Crippen molar-refractivity contribution in [2.24, 2.45) is 0 Å². The fourth-order valence-corrected chi connectivity index (χ4v) is 2.38. The van der Waals surface area contributed by atoms with E-state index in [0.717, 1.165) is 29.6 Å². The lowest BCUT2D eigenvalue weighted by Gasteiger charge is -2.15. The Balaban J connectivity index is 2.15. The highest BCUT2D eigenvalue weighted by Gasteiger charge is 2.43. The van der Waals surface area contributed by atoms with Crippen molar-refractivity contribution < 1.29 is 4.79 Å². The predicted octanol–water partition coefficient (Wildman–Crippen LogP) is 2.36. The average Bonchev–Trinajstić information content (AvgIpc) is 2.98. The molecule has 0 atom stereocenters. The second-order valence-electron chi connectivity index (χ2n) is 4.45. The monoisotopic (exact) mass is 282 g/mol. The lowest BCUT2D eigenvalue weighted by molar-refractivity contribution is 0.0935. The number of hydrogen-bond acceptors (Lipinski definition) is 2. The molecule has 3 nitrogen and oxygen atoms in total. The fraction of sp³-hybridized carbons (Fsp3) is 0.500. The second-order valence-corrected chi connectivity index (χ2v) is 5.01. The number of aromatic nitrogens is 1. The molecule has 4 heteroatoms. The minimum atomic E-state index is -0.0121. The first-order valence-corrected chi connectivity index (χ1v) is 6.51. The number of amides is 1.